The van der Waals surface area contributed by atoms with Gasteiger partial charge in [0.05, 0.1) is 18.7 Å². The van der Waals surface area contributed by atoms with E-state index in [-0.39, 0.29) is 0 Å². The molecule has 0 nitrogen and oxygen atoms in total. The molecule has 0 radical (unpaired) electrons. The lowest BCUT2D eigenvalue weighted by Gasteiger charge is -2.11. The molecular formula is C12Br2F8S. The zero-order chi connectivity index (χ0) is 17.6. The predicted octanol–water partition coefficient (Wildman–Crippen LogP) is 6.48. The second kappa shape index (κ2) is 6.60. The van der Waals surface area contributed by atoms with E-state index in [9.17, 15) is 35.1 Å². The first-order chi connectivity index (χ1) is 10.6. The predicted molar refractivity (Wildman–Crippen MR) is 72.1 cm³/mol. The minimum Gasteiger partial charge on any atom is -0.204 e. The molecule has 11 heteroatoms. The lowest BCUT2D eigenvalue weighted by atomic mass is 10.3. The number of halogens is 10. The highest BCUT2D eigenvalue weighted by molar-refractivity contribution is 9.11. The van der Waals surface area contributed by atoms with E-state index < -0.39 is 77.0 Å². The van der Waals surface area contributed by atoms with Gasteiger partial charge in [0.1, 0.15) is 0 Å². The first-order valence-electron chi connectivity index (χ1n) is 5.30. The molecule has 0 aromatic heterocycles. The minimum absolute atomic E-state index is 0.405. The van der Waals surface area contributed by atoms with E-state index in [4.69, 9.17) is 0 Å². The van der Waals surface area contributed by atoms with Crippen LogP contribution in [0.25, 0.3) is 0 Å². The SMILES string of the molecule is Fc1c(F)c(F)c(Sc2c(F)c(Br)c(F)c(Br)c2F)c(F)c1F. The van der Waals surface area contributed by atoms with Crippen molar-refractivity contribution in [2.45, 2.75) is 9.79 Å². The van der Waals surface area contributed by atoms with Crippen LogP contribution in [0.15, 0.2) is 18.7 Å². The van der Waals surface area contributed by atoms with Crippen molar-refractivity contribution >= 4 is 43.6 Å². The molecule has 23 heavy (non-hydrogen) atoms. The number of rotatable bonds is 2. The van der Waals surface area contributed by atoms with E-state index in [1.165, 1.54) is 0 Å². The van der Waals surface area contributed by atoms with Gasteiger partial charge in [0.2, 0.25) is 5.82 Å². The van der Waals surface area contributed by atoms with Crippen LogP contribution in [0.2, 0.25) is 0 Å². The summed E-state index contributed by atoms with van der Waals surface area (Å²) in [6.07, 6.45) is 0. The molecule has 0 amide bonds. The van der Waals surface area contributed by atoms with Crippen molar-refractivity contribution in [3.05, 3.63) is 55.5 Å². The van der Waals surface area contributed by atoms with Crippen molar-refractivity contribution in [3.63, 3.8) is 0 Å². The van der Waals surface area contributed by atoms with Crippen LogP contribution in [-0.4, -0.2) is 0 Å². The lowest BCUT2D eigenvalue weighted by molar-refractivity contribution is 0.360. The Kier molecular flexibility index (Phi) is 5.31. The van der Waals surface area contributed by atoms with Gasteiger partial charge in [0.25, 0.3) is 0 Å². The van der Waals surface area contributed by atoms with Crippen molar-refractivity contribution in [2.24, 2.45) is 0 Å². The fraction of sp³-hybridized carbons (Fsp3) is 0. The van der Waals surface area contributed by atoms with Crippen molar-refractivity contribution in [1.82, 2.24) is 0 Å². The Morgan fingerprint density at radius 3 is 1.13 bits per heavy atom. The van der Waals surface area contributed by atoms with Gasteiger partial charge in [0, 0.05) is 0 Å². The average Bonchev–Trinajstić information content (AvgIpc) is 2.54. The summed E-state index contributed by atoms with van der Waals surface area (Å²) < 4.78 is 106. The molecule has 0 N–H and O–H groups in total. The fourth-order valence-corrected chi connectivity index (χ4v) is 3.72. The first kappa shape index (κ1) is 18.5. The number of hydrogen-bond donors (Lipinski definition) is 0. The van der Waals surface area contributed by atoms with Crippen LogP contribution in [0.4, 0.5) is 35.1 Å². The summed E-state index contributed by atoms with van der Waals surface area (Å²) in [5.74, 6) is -16.0. The maximum absolute atomic E-state index is 13.9. The van der Waals surface area contributed by atoms with E-state index in [2.05, 4.69) is 31.9 Å². The van der Waals surface area contributed by atoms with Gasteiger partial charge in [-0.25, -0.2) is 35.1 Å². The number of benzene rings is 2. The van der Waals surface area contributed by atoms with Crippen LogP contribution in [0.5, 0.6) is 0 Å². The molecule has 0 saturated heterocycles. The van der Waals surface area contributed by atoms with Crippen LogP contribution in [0.1, 0.15) is 0 Å². The van der Waals surface area contributed by atoms with Gasteiger partial charge >= 0.3 is 0 Å². The maximum atomic E-state index is 13.9. The standard InChI is InChI=1S/C12Br2F8S/c13-1-3(15)2(14)5(17)11(4(1)16)23-12-9(21)7(19)6(18)8(20)10(12)22. The summed E-state index contributed by atoms with van der Waals surface area (Å²) in [5.41, 5.74) is 0. The molecule has 0 aliphatic carbocycles. The van der Waals surface area contributed by atoms with E-state index in [0.717, 1.165) is 0 Å². The second-order valence-electron chi connectivity index (χ2n) is 3.90. The van der Waals surface area contributed by atoms with Crippen LogP contribution in [0, 0.1) is 46.5 Å². The topological polar surface area (TPSA) is 0 Å². The molecule has 0 bridgehead atoms. The van der Waals surface area contributed by atoms with Crippen molar-refractivity contribution in [1.29, 1.82) is 0 Å². The Morgan fingerprint density at radius 1 is 0.435 bits per heavy atom. The van der Waals surface area contributed by atoms with Crippen LogP contribution in [-0.2, 0) is 0 Å². The Bertz CT molecular complexity index is 698. The summed E-state index contributed by atoms with van der Waals surface area (Å²) in [6.45, 7) is 0. The van der Waals surface area contributed by atoms with Gasteiger partial charge in [-0.3, -0.25) is 0 Å². The highest BCUT2D eigenvalue weighted by atomic mass is 79.9. The van der Waals surface area contributed by atoms with Crippen molar-refractivity contribution in [2.75, 3.05) is 0 Å². The van der Waals surface area contributed by atoms with Crippen molar-refractivity contribution in [3.8, 4) is 0 Å². The smallest absolute Gasteiger partial charge is 0.200 e. The zero-order valence-corrected chi connectivity index (χ0v) is 14.2. The van der Waals surface area contributed by atoms with E-state index in [1.54, 1.807) is 0 Å². The molecule has 2 aromatic rings. The Labute approximate surface area is 144 Å². The maximum Gasteiger partial charge on any atom is 0.200 e. The van der Waals surface area contributed by atoms with E-state index in [1.807, 2.05) is 0 Å². The third kappa shape index (κ3) is 2.98. The van der Waals surface area contributed by atoms with Crippen LogP contribution >= 0.6 is 43.6 Å². The van der Waals surface area contributed by atoms with Crippen molar-refractivity contribution < 1.29 is 35.1 Å². The average molecular weight is 488 g/mol. The third-order valence-corrected chi connectivity index (χ3v) is 5.06. The van der Waals surface area contributed by atoms with Gasteiger partial charge in [-0.15, -0.1) is 0 Å². The monoisotopic (exact) mass is 486 g/mol. The summed E-state index contributed by atoms with van der Waals surface area (Å²) in [5, 5.41) is 0. The van der Waals surface area contributed by atoms with Gasteiger partial charge in [-0.1, -0.05) is 11.8 Å². The Morgan fingerprint density at radius 2 is 0.739 bits per heavy atom. The summed E-state index contributed by atoms with van der Waals surface area (Å²) in [4.78, 5) is -2.68. The summed E-state index contributed by atoms with van der Waals surface area (Å²) >= 11 is 4.50. The highest BCUT2D eigenvalue weighted by Gasteiger charge is 2.30. The Hall–Kier alpha value is -0.810. The molecule has 2 aromatic carbocycles. The quantitative estimate of drug-likeness (QED) is 0.265. The number of hydrogen-bond acceptors (Lipinski definition) is 1. The lowest BCUT2D eigenvalue weighted by Crippen LogP contribution is -2.04. The fourth-order valence-electron chi connectivity index (χ4n) is 1.45. The molecular weight excluding hydrogens is 488 g/mol. The molecule has 0 aliphatic heterocycles. The second-order valence-corrected chi connectivity index (χ2v) is 6.51. The first-order valence-corrected chi connectivity index (χ1v) is 7.70. The largest absolute Gasteiger partial charge is 0.204 e. The highest BCUT2D eigenvalue weighted by Crippen LogP contribution is 2.42. The normalized spacial score (nSPS) is 11.2. The molecule has 124 valence electrons. The molecule has 0 heterocycles. The molecule has 2 rings (SSSR count). The molecule has 0 unspecified atom stereocenters. The molecule has 0 spiro atoms. The third-order valence-electron chi connectivity index (χ3n) is 2.54. The summed E-state index contributed by atoms with van der Waals surface area (Å²) in [7, 11) is 0. The van der Waals surface area contributed by atoms with Gasteiger partial charge < -0.3 is 0 Å². The minimum atomic E-state index is -2.41. The molecule has 0 fully saturated rings. The zero-order valence-electron chi connectivity index (χ0n) is 10.2. The van der Waals surface area contributed by atoms with Crippen LogP contribution in [0.3, 0.4) is 0 Å². The van der Waals surface area contributed by atoms with Gasteiger partial charge in [-0.2, -0.15) is 0 Å². The van der Waals surface area contributed by atoms with Gasteiger partial charge in [0.15, 0.2) is 40.7 Å². The van der Waals surface area contributed by atoms with Gasteiger partial charge in [-0.05, 0) is 31.9 Å². The van der Waals surface area contributed by atoms with Crippen LogP contribution < -0.4 is 0 Å². The Balaban J connectivity index is 2.71. The van der Waals surface area contributed by atoms with E-state index in [0.29, 0.717) is 0 Å². The van der Waals surface area contributed by atoms with E-state index >= 15 is 0 Å². The molecule has 0 aliphatic rings. The molecule has 0 saturated carbocycles. The summed E-state index contributed by atoms with van der Waals surface area (Å²) in [6, 6.07) is 0. The molecule has 0 atom stereocenters.